The topological polar surface area (TPSA) is 53.8 Å². The number of Topliss-reactive ketones (excluding diaryl/α,β-unsaturated/α-hetero) is 1. The first kappa shape index (κ1) is 12.0. The quantitative estimate of drug-likeness (QED) is 0.817. The molecule has 1 atom stereocenters. The van der Waals surface area contributed by atoms with Crippen molar-refractivity contribution >= 4 is 33.0 Å². The molecule has 0 spiro atoms. The van der Waals surface area contributed by atoms with Crippen molar-refractivity contribution in [3.63, 3.8) is 0 Å². The molecular weight excluding hydrogens is 300 g/mol. The van der Waals surface area contributed by atoms with Crippen molar-refractivity contribution in [2.24, 2.45) is 0 Å². The number of carbonyl (C=O) groups excluding carboxylic acids is 1. The van der Waals surface area contributed by atoms with Crippen LogP contribution in [0.25, 0.3) is 0 Å². The van der Waals surface area contributed by atoms with Gasteiger partial charge < -0.3 is 0 Å². The molecule has 1 heterocycles. The Labute approximate surface area is 111 Å². The molecule has 84 valence electrons. The van der Waals surface area contributed by atoms with Crippen LogP contribution in [0.4, 0.5) is 0 Å². The minimum atomic E-state index is -0.761. The second-order valence-corrected chi connectivity index (χ2v) is 5.15. The number of carbonyl (C=O) groups is 1. The summed E-state index contributed by atoms with van der Waals surface area (Å²) in [6.07, 6.45) is 1.50. The molecule has 1 aromatic heterocycles. The van der Waals surface area contributed by atoms with Gasteiger partial charge in [-0.3, -0.25) is 9.78 Å². The van der Waals surface area contributed by atoms with E-state index >= 15 is 0 Å². The van der Waals surface area contributed by atoms with Gasteiger partial charge in [0, 0.05) is 10.7 Å². The van der Waals surface area contributed by atoms with Crippen molar-refractivity contribution in [1.29, 1.82) is 5.26 Å². The maximum Gasteiger partial charge on any atom is 0.195 e. The largest absolute Gasteiger partial charge is 0.291 e. The minimum absolute atomic E-state index is 0.197. The third-order valence-electron chi connectivity index (χ3n) is 2.27. The number of ketones is 1. The number of halogens is 1. The summed E-state index contributed by atoms with van der Waals surface area (Å²) in [5.41, 5.74) is 2.29. The maximum absolute atomic E-state index is 12.1. The van der Waals surface area contributed by atoms with Crippen molar-refractivity contribution < 1.29 is 4.79 Å². The number of rotatable bonds is 3. The number of aromatic nitrogens is 1. The van der Waals surface area contributed by atoms with E-state index in [-0.39, 0.29) is 5.78 Å². The summed E-state index contributed by atoms with van der Waals surface area (Å²) >= 11 is 4.57. The van der Waals surface area contributed by atoms with Gasteiger partial charge in [0.2, 0.25) is 0 Å². The van der Waals surface area contributed by atoms with Gasteiger partial charge in [0.05, 0.1) is 16.5 Å². The molecule has 0 bridgehead atoms. The van der Waals surface area contributed by atoms with Gasteiger partial charge in [-0.1, -0.05) is 28.1 Å². The number of hydrogen-bond acceptors (Lipinski definition) is 4. The predicted octanol–water partition coefficient (Wildman–Crippen LogP) is 3.40. The monoisotopic (exact) mass is 306 g/mol. The molecule has 3 nitrogen and oxygen atoms in total. The van der Waals surface area contributed by atoms with Gasteiger partial charge in [0.15, 0.2) is 5.78 Å². The van der Waals surface area contributed by atoms with Crippen molar-refractivity contribution in [1.82, 2.24) is 4.98 Å². The van der Waals surface area contributed by atoms with E-state index in [1.807, 2.05) is 18.2 Å². The molecule has 2 rings (SSSR count). The van der Waals surface area contributed by atoms with Crippen LogP contribution in [0.1, 0.15) is 21.2 Å². The Morgan fingerprint density at radius 2 is 2.12 bits per heavy atom. The van der Waals surface area contributed by atoms with E-state index in [4.69, 9.17) is 5.26 Å². The van der Waals surface area contributed by atoms with Crippen LogP contribution < -0.4 is 0 Å². The molecule has 17 heavy (non-hydrogen) atoms. The Kier molecular flexibility index (Phi) is 3.67. The molecule has 2 aromatic rings. The Hall–Kier alpha value is -1.51. The summed E-state index contributed by atoms with van der Waals surface area (Å²) in [6.45, 7) is 0. The SMILES string of the molecule is N#CC(C(=O)c1cncs1)c1ccc(Br)cc1. The molecule has 1 aromatic carbocycles. The van der Waals surface area contributed by atoms with Gasteiger partial charge in [0.25, 0.3) is 0 Å². The van der Waals surface area contributed by atoms with Crippen molar-refractivity contribution in [2.75, 3.05) is 0 Å². The molecular formula is C12H7BrN2OS. The van der Waals surface area contributed by atoms with Crippen LogP contribution in [0.2, 0.25) is 0 Å². The summed E-state index contributed by atoms with van der Waals surface area (Å²) in [5, 5.41) is 9.12. The maximum atomic E-state index is 12.1. The van der Waals surface area contributed by atoms with E-state index in [2.05, 4.69) is 20.9 Å². The predicted molar refractivity (Wildman–Crippen MR) is 68.9 cm³/mol. The van der Waals surface area contributed by atoms with E-state index in [1.165, 1.54) is 17.5 Å². The first-order valence-corrected chi connectivity index (χ1v) is 6.47. The molecule has 0 aliphatic heterocycles. The van der Waals surface area contributed by atoms with Crippen molar-refractivity contribution in [3.05, 3.63) is 50.9 Å². The Morgan fingerprint density at radius 3 is 2.65 bits per heavy atom. The van der Waals surface area contributed by atoms with Gasteiger partial charge in [-0.25, -0.2) is 0 Å². The zero-order chi connectivity index (χ0) is 12.3. The second kappa shape index (κ2) is 5.21. The lowest BCUT2D eigenvalue weighted by Gasteiger charge is -2.06. The molecule has 0 aliphatic carbocycles. The van der Waals surface area contributed by atoms with E-state index in [0.29, 0.717) is 10.4 Å². The minimum Gasteiger partial charge on any atom is -0.291 e. The average Bonchev–Trinajstić information content (AvgIpc) is 2.86. The van der Waals surface area contributed by atoms with Crippen LogP contribution in [0.5, 0.6) is 0 Å². The van der Waals surface area contributed by atoms with Crippen LogP contribution >= 0.6 is 27.3 Å². The molecule has 0 saturated heterocycles. The number of nitriles is 1. The number of nitrogens with zero attached hydrogens (tertiary/aromatic N) is 2. The molecule has 5 heteroatoms. The normalized spacial score (nSPS) is 11.8. The molecule has 0 aliphatic rings. The highest BCUT2D eigenvalue weighted by Crippen LogP contribution is 2.23. The van der Waals surface area contributed by atoms with Crippen molar-refractivity contribution in [3.8, 4) is 6.07 Å². The smallest absolute Gasteiger partial charge is 0.195 e. The Balaban J connectivity index is 2.32. The Bertz CT molecular complexity index is 557. The highest BCUT2D eigenvalue weighted by atomic mass is 79.9. The summed E-state index contributed by atoms with van der Waals surface area (Å²) in [4.78, 5) is 16.4. The fourth-order valence-electron chi connectivity index (χ4n) is 1.42. The first-order valence-electron chi connectivity index (χ1n) is 4.80. The van der Waals surface area contributed by atoms with Gasteiger partial charge in [-0.05, 0) is 17.7 Å². The fraction of sp³-hybridized carbons (Fsp3) is 0.0833. The molecule has 0 saturated carbocycles. The summed E-state index contributed by atoms with van der Waals surface area (Å²) < 4.78 is 0.920. The standard InChI is InChI=1S/C12H7BrN2OS/c13-9-3-1-8(2-4-9)10(5-14)12(16)11-6-15-7-17-11/h1-4,6-7,10H. The van der Waals surface area contributed by atoms with Gasteiger partial charge in [-0.15, -0.1) is 11.3 Å². The molecule has 0 fully saturated rings. The third kappa shape index (κ3) is 2.60. The fourth-order valence-corrected chi connectivity index (χ4v) is 2.27. The first-order chi connectivity index (χ1) is 8.22. The molecule has 1 unspecified atom stereocenters. The lowest BCUT2D eigenvalue weighted by atomic mass is 9.96. The zero-order valence-electron chi connectivity index (χ0n) is 8.63. The lowest BCUT2D eigenvalue weighted by molar-refractivity contribution is 0.0982. The third-order valence-corrected chi connectivity index (χ3v) is 3.59. The highest BCUT2D eigenvalue weighted by molar-refractivity contribution is 9.10. The zero-order valence-corrected chi connectivity index (χ0v) is 11.0. The van der Waals surface area contributed by atoms with E-state index < -0.39 is 5.92 Å². The second-order valence-electron chi connectivity index (χ2n) is 3.34. The summed E-state index contributed by atoms with van der Waals surface area (Å²) in [7, 11) is 0. The van der Waals surface area contributed by atoms with E-state index in [1.54, 1.807) is 17.6 Å². The highest BCUT2D eigenvalue weighted by Gasteiger charge is 2.22. The molecule has 0 radical (unpaired) electrons. The summed E-state index contributed by atoms with van der Waals surface area (Å²) in [6, 6.07) is 9.23. The molecule has 0 amide bonds. The van der Waals surface area contributed by atoms with Crippen LogP contribution in [-0.2, 0) is 0 Å². The average molecular weight is 307 g/mol. The number of thiazole rings is 1. The number of hydrogen-bond donors (Lipinski definition) is 0. The van der Waals surface area contributed by atoms with E-state index in [0.717, 1.165) is 4.47 Å². The number of benzene rings is 1. The van der Waals surface area contributed by atoms with Crippen molar-refractivity contribution in [2.45, 2.75) is 5.92 Å². The van der Waals surface area contributed by atoms with E-state index in [9.17, 15) is 4.79 Å². The summed E-state index contributed by atoms with van der Waals surface area (Å²) in [5.74, 6) is -0.958. The van der Waals surface area contributed by atoms with Crippen LogP contribution in [0, 0.1) is 11.3 Å². The van der Waals surface area contributed by atoms with Gasteiger partial charge in [0.1, 0.15) is 5.92 Å². The van der Waals surface area contributed by atoms with Crippen LogP contribution in [-0.4, -0.2) is 10.8 Å². The Morgan fingerprint density at radius 1 is 1.41 bits per heavy atom. The molecule has 0 N–H and O–H groups in total. The van der Waals surface area contributed by atoms with Gasteiger partial charge >= 0.3 is 0 Å². The van der Waals surface area contributed by atoms with Crippen LogP contribution in [0.15, 0.2) is 40.4 Å². The lowest BCUT2D eigenvalue weighted by Crippen LogP contribution is -2.09. The van der Waals surface area contributed by atoms with Gasteiger partial charge in [-0.2, -0.15) is 5.26 Å². The van der Waals surface area contributed by atoms with Crippen LogP contribution in [0.3, 0.4) is 0 Å².